The minimum atomic E-state index is -3.14. The molecule has 1 saturated carbocycles. The largest absolute Gasteiger partial charge is 0.396 e. The Kier molecular flexibility index (Phi) is 3.79. The summed E-state index contributed by atoms with van der Waals surface area (Å²) < 4.78 is 23.3. The van der Waals surface area contributed by atoms with Crippen molar-refractivity contribution in [1.82, 2.24) is 0 Å². The van der Waals surface area contributed by atoms with E-state index in [1.54, 1.807) is 6.92 Å². The van der Waals surface area contributed by atoms with E-state index >= 15 is 0 Å². The molecule has 1 fully saturated rings. The fourth-order valence-electron chi connectivity index (χ4n) is 2.76. The highest BCUT2D eigenvalue weighted by molar-refractivity contribution is 7.92. The summed E-state index contributed by atoms with van der Waals surface area (Å²) in [6.45, 7) is 3.81. The van der Waals surface area contributed by atoms with Gasteiger partial charge in [-0.3, -0.25) is 0 Å². The molecule has 0 unspecified atom stereocenters. The van der Waals surface area contributed by atoms with Crippen LogP contribution >= 0.6 is 0 Å². The van der Waals surface area contributed by atoms with Gasteiger partial charge in [-0.1, -0.05) is 13.8 Å². The highest BCUT2D eigenvalue weighted by atomic mass is 32.2. The van der Waals surface area contributed by atoms with E-state index in [1.807, 2.05) is 6.92 Å². The monoisotopic (exact) mass is 235 g/mol. The molecular weight excluding hydrogens is 214 g/mol. The maximum Gasteiger partial charge on any atom is 0.157 e. The first-order valence-electron chi connectivity index (χ1n) is 5.46. The van der Waals surface area contributed by atoms with Crippen LogP contribution in [0.2, 0.25) is 0 Å². The van der Waals surface area contributed by atoms with Crippen molar-refractivity contribution in [2.24, 2.45) is 17.6 Å². The number of nitrogens with two attached hydrogens (primary N) is 1. The van der Waals surface area contributed by atoms with Crippen LogP contribution in [-0.4, -0.2) is 37.2 Å². The zero-order valence-corrected chi connectivity index (χ0v) is 10.3. The van der Waals surface area contributed by atoms with E-state index in [1.165, 1.54) is 0 Å². The third kappa shape index (κ3) is 1.92. The maximum atomic E-state index is 12.1. The molecule has 0 aromatic heterocycles. The number of hydrogen-bond donors (Lipinski definition) is 2. The van der Waals surface area contributed by atoms with Crippen molar-refractivity contribution >= 4 is 9.84 Å². The Labute approximate surface area is 91.8 Å². The molecule has 3 N–H and O–H groups in total. The molecule has 90 valence electrons. The van der Waals surface area contributed by atoms with Crippen LogP contribution in [0.25, 0.3) is 0 Å². The zero-order chi connectivity index (χ0) is 11.7. The number of aliphatic hydroxyl groups is 1. The van der Waals surface area contributed by atoms with Crippen molar-refractivity contribution in [1.29, 1.82) is 0 Å². The van der Waals surface area contributed by atoms with Gasteiger partial charge in [0.05, 0.1) is 4.75 Å². The van der Waals surface area contributed by atoms with Crippen molar-refractivity contribution in [3.05, 3.63) is 0 Å². The maximum absolute atomic E-state index is 12.1. The van der Waals surface area contributed by atoms with Crippen LogP contribution in [0.1, 0.15) is 26.7 Å². The van der Waals surface area contributed by atoms with Crippen molar-refractivity contribution in [2.45, 2.75) is 31.4 Å². The molecule has 1 aliphatic carbocycles. The minimum Gasteiger partial charge on any atom is -0.396 e. The smallest absolute Gasteiger partial charge is 0.157 e. The molecule has 0 heterocycles. The van der Waals surface area contributed by atoms with E-state index in [9.17, 15) is 8.42 Å². The zero-order valence-electron chi connectivity index (χ0n) is 9.44. The van der Waals surface area contributed by atoms with Gasteiger partial charge in [-0.05, 0) is 24.7 Å². The van der Waals surface area contributed by atoms with E-state index in [0.29, 0.717) is 6.42 Å². The highest BCUT2D eigenvalue weighted by Gasteiger charge is 2.52. The van der Waals surface area contributed by atoms with Gasteiger partial charge in [0.15, 0.2) is 9.84 Å². The average Bonchev–Trinajstić information content (AvgIpc) is 2.56. The van der Waals surface area contributed by atoms with Crippen LogP contribution < -0.4 is 5.73 Å². The summed E-state index contributed by atoms with van der Waals surface area (Å²) in [4.78, 5) is 0. The number of rotatable bonds is 4. The van der Waals surface area contributed by atoms with Crippen LogP contribution in [-0.2, 0) is 9.84 Å². The molecule has 0 radical (unpaired) electrons. The van der Waals surface area contributed by atoms with Gasteiger partial charge >= 0.3 is 0 Å². The van der Waals surface area contributed by atoms with Crippen LogP contribution in [0.15, 0.2) is 0 Å². The first kappa shape index (κ1) is 12.9. The molecule has 4 nitrogen and oxygen atoms in total. The van der Waals surface area contributed by atoms with Gasteiger partial charge in [0.1, 0.15) is 0 Å². The van der Waals surface area contributed by atoms with Gasteiger partial charge in [-0.2, -0.15) is 0 Å². The molecule has 0 bridgehead atoms. The second-order valence-electron chi connectivity index (χ2n) is 4.56. The summed E-state index contributed by atoms with van der Waals surface area (Å²) in [6, 6.07) is 0. The van der Waals surface area contributed by atoms with Gasteiger partial charge in [0.2, 0.25) is 0 Å². The average molecular weight is 235 g/mol. The molecule has 1 rings (SSSR count). The van der Waals surface area contributed by atoms with E-state index in [0.717, 1.165) is 6.42 Å². The first-order valence-corrected chi connectivity index (χ1v) is 7.12. The van der Waals surface area contributed by atoms with Crippen LogP contribution in [0.3, 0.4) is 0 Å². The molecule has 3 atom stereocenters. The molecule has 0 aliphatic heterocycles. The fourth-order valence-corrected chi connectivity index (χ4v) is 4.79. The van der Waals surface area contributed by atoms with Crippen molar-refractivity contribution in [3.8, 4) is 0 Å². The summed E-state index contributed by atoms with van der Waals surface area (Å²) in [5.41, 5.74) is 5.68. The topological polar surface area (TPSA) is 80.4 Å². The van der Waals surface area contributed by atoms with Gasteiger partial charge in [0.25, 0.3) is 0 Å². The predicted molar refractivity (Wildman–Crippen MR) is 60.2 cm³/mol. The third-order valence-corrected chi connectivity index (χ3v) is 6.56. The molecule has 0 amide bonds. The summed E-state index contributed by atoms with van der Waals surface area (Å²) in [6.07, 6.45) is 1.27. The Morgan fingerprint density at radius 1 is 1.53 bits per heavy atom. The molecule has 1 aliphatic rings. The summed E-state index contributed by atoms with van der Waals surface area (Å²) >= 11 is 0. The number of hydrogen-bond acceptors (Lipinski definition) is 4. The number of aliphatic hydroxyl groups excluding tert-OH is 1. The van der Waals surface area contributed by atoms with Crippen LogP contribution in [0.5, 0.6) is 0 Å². The van der Waals surface area contributed by atoms with Gasteiger partial charge in [-0.25, -0.2) is 8.42 Å². The molecule has 5 heteroatoms. The quantitative estimate of drug-likeness (QED) is 0.727. The summed E-state index contributed by atoms with van der Waals surface area (Å²) in [5, 5.41) is 9.11. The van der Waals surface area contributed by atoms with Crippen LogP contribution in [0.4, 0.5) is 0 Å². The van der Waals surface area contributed by atoms with Gasteiger partial charge in [0, 0.05) is 18.9 Å². The number of sulfone groups is 1. The van der Waals surface area contributed by atoms with Crippen molar-refractivity contribution in [2.75, 3.05) is 18.9 Å². The Morgan fingerprint density at radius 2 is 2.13 bits per heavy atom. The van der Waals surface area contributed by atoms with Gasteiger partial charge in [-0.15, -0.1) is 0 Å². The Bertz CT molecular complexity index is 315. The molecule has 0 aromatic rings. The Balaban J connectivity index is 3.06. The third-order valence-electron chi connectivity index (χ3n) is 3.82. The second kappa shape index (κ2) is 4.39. The first-order chi connectivity index (χ1) is 6.93. The summed E-state index contributed by atoms with van der Waals surface area (Å²) in [7, 11) is -3.14. The SMILES string of the molecule is CCS(=O)(=O)[C@]1(CN)C[C@@H](CO)C[C@@H]1C. The van der Waals surface area contributed by atoms with Gasteiger partial charge < -0.3 is 10.8 Å². The Morgan fingerprint density at radius 3 is 2.47 bits per heavy atom. The van der Waals surface area contributed by atoms with E-state index in [-0.39, 0.29) is 30.7 Å². The lowest BCUT2D eigenvalue weighted by Crippen LogP contribution is -2.48. The standard InChI is InChI=1S/C10H21NO3S/c1-3-15(13,14)10(7-11)5-9(6-12)4-8(10)2/h8-9,12H,3-7,11H2,1-2H3/t8-,9-,10-/m0/s1. The van der Waals surface area contributed by atoms with Crippen molar-refractivity contribution in [3.63, 3.8) is 0 Å². The predicted octanol–water partition coefficient (Wildman–Crippen LogP) is 0.157. The highest BCUT2D eigenvalue weighted by Crippen LogP contribution is 2.44. The van der Waals surface area contributed by atoms with E-state index in [2.05, 4.69) is 0 Å². The van der Waals surface area contributed by atoms with Crippen LogP contribution in [0, 0.1) is 11.8 Å². The van der Waals surface area contributed by atoms with E-state index in [4.69, 9.17) is 10.8 Å². The molecular formula is C10H21NO3S. The van der Waals surface area contributed by atoms with E-state index < -0.39 is 14.6 Å². The normalized spacial score (nSPS) is 37.1. The molecule has 0 saturated heterocycles. The fraction of sp³-hybridized carbons (Fsp3) is 1.00. The molecule has 15 heavy (non-hydrogen) atoms. The molecule has 0 spiro atoms. The summed E-state index contributed by atoms with van der Waals surface area (Å²) in [5.74, 6) is 0.265. The minimum absolute atomic E-state index is 0.0459. The molecule has 0 aromatic carbocycles. The Hall–Kier alpha value is -0.130. The lowest BCUT2D eigenvalue weighted by Gasteiger charge is -2.31. The lowest BCUT2D eigenvalue weighted by molar-refractivity contribution is 0.226. The van der Waals surface area contributed by atoms with Crippen molar-refractivity contribution < 1.29 is 13.5 Å². The lowest BCUT2D eigenvalue weighted by atomic mass is 9.97. The second-order valence-corrected chi connectivity index (χ2v) is 7.18.